The molecule has 1 amide bonds. The molecule has 3 heterocycles. The number of aromatic nitrogens is 2. The van der Waals surface area contributed by atoms with Gasteiger partial charge in [0.15, 0.2) is 5.78 Å². The maximum absolute atomic E-state index is 13.4. The number of ketones is 1. The first-order valence-electron chi connectivity index (χ1n) is 11.3. The van der Waals surface area contributed by atoms with Gasteiger partial charge in [0, 0.05) is 50.8 Å². The Morgan fingerprint density at radius 2 is 1.82 bits per heavy atom. The average Bonchev–Trinajstić information content (AvgIpc) is 3.51. The number of imidazole rings is 1. The zero-order chi connectivity index (χ0) is 24.1. The number of halogens is 3. The number of carbonyl (C=O) groups is 2. The lowest BCUT2D eigenvalue weighted by atomic mass is 9.95. The fraction of sp³-hybridized carbons (Fsp3) is 0.400. The summed E-state index contributed by atoms with van der Waals surface area (Å²) in [6.45, 7) is 1.26. The third kappa shape index (κ3) is 5.75. The standard InChI is InChI=1S/C25H26F3N3O2S/c26-25(27,28)20-6-2-1-5-19(20)17-31-15-12-29-24(31)18-10-13-30(14-11-18)23(33)9-3-7-21(32)22-8-4-16-34-22/h1-2,4-6,8,12,15-16,18H,3,7,9-11,13-14,17H2. The number of carbonyl (C=O) groups excluding carboxylic acids is 2. The maximum atomic E-state index is 13.4. The van der Waals surface area contributed by atoms with E-state index in [2.05, 4.69) is 4.98 Å². The fourth-order valence-electron chi connectivity index (χ4n) is 4.44. The highest BCUT2D eigenvalue weighted by atomic mass is 32.1. The Hall–Kier alpha value is -2.94. The molecule has 0 saturated carbocycles. The first-order valence-corrected chi connectivity index (χ1v) is 12.2. The van der Waals surface area contributed by atoms with Gasteiger partial charge < -0.3 is 9.47 Å². The summed E-state index contributed by atoms with van der Waals surface area (Å²) >= 11 is 1.41. The molecule has 180 valence electrons. The lowest BCUT2D eigenvalue weighted by Gasteiger charge is -2.32. The minimum absolute atomic E-state index is 0.0416. The van der Waals surface area contributed by atoms with E-state index in [9.17, 15) is 22.8 Å². The van der Waals surface area contributed by atoms with Gasteiger partial charge >= 0.3 is 6.18 Å². The molecule has 0 aliphatic carbocycles. The molecule has 5 nitrogen and oxygen atoms in total. The predicted molar refractivity (Wildman–Crippen MR) is 124 cm³/mol. The maximum Gasteiger partial charge on any atom is 0.416 e. The monoisotopic (exact) mass is 489 g/mol. The van der Waals surface area contributed by atoms with Gasteiger partial charge in [0.2, 0.25) is 5.91 Å². The van der Waals surface area contributed by atoms with Gasteiger partial charge in [0.1, 0.15) is 5.82 Å². The number of piperidine rings is 1. The zero-order valence-corrected chi connectivity index (χ0v) is 19.4. The van der Waals surface area contributed by atoms with Crippen LogP contribution >= 0.6 is 11.3 Å². The van der Waals surface area contributed by atoms with E-state index < -0.39 is 11.7 Å². The summed E-state index contributed by atoms with van der Waals surface area (Å²) < 4.78 is 41.9. The fourth-order valence-corrected chi connectivity index (χ4v) is 5.13. The lowest BCUT2D eigenvalue weighted by molar-refractivity contribution is -0.138. The predicted octanol–water partition coefficient (Wildman–Crippen LogP) is 5.77. The van der Waals surface area contributed by atoms with Crippen LogP contribution in [0.3, 0.4) is 0 Å². The Morgan fingerprint density at radius 3 is 2.53 bits per heavy atom. The van der Waals surface area contributed by atoms with Gasteiger partial charge in [-0.25, -0.2) is 4.98 Å². The molecule has 9 heteroatoms. The topological polar surface area (TPSA) is 55.2 Å². The van der Waals surface area contributed by atoms with Crippen LogP contribution in [0, 0.1) is 0 Å². The number of nitrogens with zero attached hydrogens (tertiary/aromatic N) is 3. The van der Waals surface area contributed by atoms with Crippen LogP contribution in [0.15, 0.2) is 54.2 Å². The molecule has 0 bridgehead atoms. The summed E-state index contributed by atoms with van der Waals surface area (Å²) in [7, 11) is 0. The summed E-state index contributed by atoms with van der Waals surface area (Å²) in [4.78, 5) is 31.7. The van der Waals surface area contributed by atoms with E-state index in [1.54, 1.807) is 29.1 Å². The number of amides is 1. The van der Waals surface area contributed by atoms with Crippen molar-refractivity contribution in [3.63, 3.8) is 0 Å². The molecule has 0 radical (unpaired) electrons. The molecule has 3 aromatic rings. The van der Waals surface area contributed by atoms with E-state index in [1.165, 1.54) is 23.5 Å². The van der Waals surface area contributed by atoms with E-state index in [4.69, 9.17) is 0 Å². The van der Waals surface area contributed by atoms with Crippen molar-refractivity contribution in [1.29, 1.82) is 0 Å². The van der Waals surface area contributed by atoms with Gasteiger partial charge in [-0.15, -0.1) is 11.3 Å². The number of benzene rings is 1. The van der Waals surface area contributed by atoms with Crippen molar-refractivity contribution < 1.29 is 22.8 Å². The Bertz CT molecular complexity index is 1120. The van der Waals surface area contributed by atoms with Crippen molar-refractivity contribution in [3.05, 3.63) is 76.0 Å². The molecule has 1 aromatic carbocycles. The summed E-state index contributed by atoms with van der Waals surface area (Å²) in [5.41, 5.74) is -0.424. The molecular formula is C25H26F3N3O2S. The van der Waals surface area contributed by atoms with Gasteiger partial charge in [0.05, 0.1) is 10.4 Å². The van der Waals surface area contributed by atoms with Crippen LogP contribution in [0.25, 0.3) is 0 Å². The number of alkyl halides is 3. The van der Waals surface area contributed by atoms with Crippen LogP contribution in [0.2, 0.25) is 0 Å². The van der Waals surface area contributed by atoms with Crippen molar-refractivity contribution in [1.82, 2.24) is 14.5 Å². The Balaban J connectivity index is 1.30. The molecule has 2 aromatic heterocycles. The number of likely N-dealkylation sites (tertiary alicyclic amines) is 1. The summed E-state index contributed by atoms with van der Waals surface area (Å²) in [5.74, 6) is 0.948. The molecule has 1 aliphatic rings. The average molecular weight is 490 g/mol. The Morgan fingerprint density at radius 1 is 1.06 bits per heavy atom. The highest BCUT2D eigenvalue weighted by Gasteiger charge is 2.33. The SMILES string of the molecule is O=C(CCCC(=O)N1CCC(c2nccn2Cc2ccccc2C(F)(F)F)CC1)c1cccs1. The summed E-state index contributed by atoms with van der Waals surface area (Å²) in [6, 6.07) is 9.24. The largest absolute Gasteiger partial charge is 0.416 e. The van der Waals surface area contributed by atoms with Crippen molar-refractivity contribution >= 4 is 23.0 Å². The second-order valence-corrected chi connectivity index (χ2v) is 9.43. The van der Waals surface area contributed by atoms with Crippen LogP contribution in [-0.2, 0) is 17.5 Å². The van der Waals surface area contributed by atoms with Gasteiger partial charge in [-0.3, -0.25) is 9.59 Å². The molecule has 34 heavy (non-hydrogen) atoms. The normalized spacial score (nSPS) is 15.0. The quantitative estimate of drug-likeness (QED) is 0.378. The molecule has 0 unspecified atom stereocenters. The minimum atomic E-state index is -4.41. The van der Waals surface area contributed by atoms with Gasteiger partial charge in [-0.05, 0) is 42.3 Å². The number of Topliss-reactive ketones (excluding diaryl/α,β-unsaturated/α-hetero) is 1. The molecular weight excluding hydrogens is 463 g/mol. The summed E-state index contributed by atoms with van der Waals surface area (Å²) in [5, 5.41) is 1.86. The Labute approximate surface area is 200 Å². The van der Waals surface area contributed by atoms with Crippen LogP contribution in [0.5, 0.6) is 0 Å². The lowest BCUT2D eigenvalue weighted by Crippen LogP contribution is -2.38. The van der Waals surface area contributed by atoms with Crippen LogP contribution in [0.1, 0.15) is 64.6 Å². The number of rotatable bonds is 8. The molecule has 1 saturated heterocycles. The first-order chi connectivity index (χ1) is 16.3. The molecule has 1 aliphatic heterocycles. The molecule has 4 rings (SSSR count). The number of hydrogen-bond acceptors (Lipinski definition) is 4. The molecule has 0 atom stereocenters. The van der Waals surface area contributed by atoms with Crippen LogP contribution < -0.4 is 0 Å². The molecule has 0 N–H and O–H groups in total. The number of thiophene rings is 1. The van der Waals surface area contributed by atoms with Crippen molar-refractivity contribution in [3.8, 4) is 0 Å². The van der Waals surface area contributed by atoms with Crippen LogP contribution in [0.4, 0.5) is 13.2 Å². The minimum Gasteiger partial charge on any atom is -0.343 e. The van der Waals surface area contributed by atoms with E-state index in [1.807, 2.05) is 16.3 Å². The van der Waals surface area contributed by atoms with E-state index in [-0.39, 0.29) is 29.7 Å². The zero-order valence-electron chi connectivity index (χ0n) is 18.6. The molecule has 0 spiro atoms. The van der Waals surface area contributed by atoms with Gasteiger partial charge in [0.25, 0.3) is 0 Å². The van der Waals surface area contributed by atoms with Crippen LogP contribution in [-0.4, -0.2) is 39.2 Å². The van der Waals surface area contributed by atoms with Crippen molar-refractivity contribution in [2.75, 3.05) is 13.1 Å². The second kappa shape index (κ2) is 10.5. The second-order valence-electron chi connectivity index (χ2n) is 8.48. The van der Waals surface area contributed by atoms with E-state index in [0.717, 1.165) is 16.8 Å². The van der Waals surface area contributed by atoms with Gasteiger partial charge in [-0.1, -0.05) is 24.3 Å². The third-order valence-electron chi connectivity index (χ3n) is 6.21. The molecule has 1 fully saturated rings. The smallest absolute Gasteiger partial charge is 0.343 e. The van der Waals surface area contributed by atoms with E-state index in [0.29, 0.717) is 45.2 Å². The highest BCUT2D eigenvalue weighted by molar-refractivity contribution is 7.12. The van der Waals surface area contributed by atoms with E-state index >= 15 is 0 Å². The number of hydrogen-bond donors (Lipinski definition) is 0. The third-order valence-corrected chi connectivity index (χ3v) is 7.13. The highest BCUT2D eigenvalue weighted by Crippen LogP contribution is 2.33. The van der Waals surface area contributed by atoms with Crippen molar-refractivity contribution in [2.24, 2.45) is 0 Å². The van der Waals surface area contributed by atoms with Crippen molar-refractivity contribution in [2.45, 2.75) is 50.7 Å². The van der Waals surface area contributed by atoms with Gasteiger partial charge in [-0.2, -0.15) is 13.2 Å². The first kappa shape index (κ1) is 24.2. The summed E-state index contributed by atoms with van der Waals surface area (Å²) in [6.07, 6.45) is 1.56. The Kier molecular flexibility index (Phi) is 7.50.